The zero-order valence-electron chi connectivity index (χ0n) is 10.8. The lowest BCUT2D eigenvalue weighted by Gasteiger charge is -2.07. The highest BCUT2D eigenvalue weighted by atomic mass is 35.5. The number of halogens is 1. The van der Waals surface area contributed by atoms with Gasteiger partial charge in [-0.25, -0.2) is 0 Å². The first kappa shape index (κ1) is 14.8. The second kappa shape index (κ2) is 7.24. The lowest BCUT2D eigenvalue weighted by atomic mass is 10.0. The van der Waals surface area contributed by atoms with Crippen LogP contribution >= 0.6 is 12.4 Å². The molecule has 0 aliphatic carbocycles. The highest BCUT2D eigenvalue weighted by Gasteiger charge is 1.99. The first-order valence-electron chi connectivity index (χ1n) is 6.07. The van der Waals surface area contributed by atoms with Crippen LogP contribution in [-0.4, -0.2) is 0 Å². The molecule has 0 saturated heterocycles. The molecule has 3 heteroatoms. The van der Waals surface area contributed by atoms with E-state index in [1.54, 1.807) is 6.26 Å². The van der Waals surface area contributed by atoms with Crippen LogP contribution in [0.4, 0.5) is 0 Å². The minimum absolute atomic E-state index is 0. The van der Waals surface area contributed by atoms with Crippen molar-refractivity contribution >= 4 is 12.4 Å². The normalized spacial score (nSPS) is 10.4. The fourth-order valence-corrected chi connectivity index (χ4v) is 1.76. The summed E-state index contributed by atoms with van der Waals surface area (Å²) in [6.07, 6.45) is 1.70. The maximum atomic E-state index is 5.26. The van der Waals surface area contributed by atoms with Crippen molar-refractivity contribution in [3.63, 3.8) is 0 Å². The molecule has 0 spiro atoms. The fraction of sp³-hybridized carbons (Fsp3) is 0.333. The topological polar surface area (TPSA) is 25.2 Å². The highest BCUT2D eigenvalue weighted by molar-refractivity contribution is 5.85. The lowest BCUT2D eigenvalue weighted by molar-refractivity contribution is 0.483. The van der Waals surface area contributed by atoms with Crippen LogP contribution in [0.5, 0.6) is 0 Å². The molecular weight excluding hydrogens is 246 g/mol. The molecule has 0 aliphatic rings. The van der Waals surface area contributed by atoms with Gasteiger partial charge >= 0.3 is 0 Å². The number of furan rings is 1. The Balaban J connectivity index is 0.00000162. The van der Waals surface area contributed by atoms with Crippen LogP contribution in [0.2, 0.25) is 0 Å². The Morgan fingerprint density at radius 1 is 1.06 bits per heavy atom. The van der Waals surface area contributed by atoms with Gasteiger partial charge in [-0.05, 0) is 29.2 Å². The molecule has 0 amide bonds. The molecule has 2 rings (SSSR count). The van der Waals surface area contributed by atoms with E-state index in [1.807, 2.05) is 12.1 Å². The summed E-state index contributed by atoms with van der Waals surface area (Å²) in [4.78, 5) is 0. The zero-order chi connectivity index (χ0) is 12.1. The summed E-state index contributed by atoms with van der Waals surface area (Å²) in [5.74, 6) is 1.57. The highest BCUT2D eigenvalue weighted by Crippen LogP contribution is 2.14. The summed E-state index contributed by atoms with van der Waals surface area (Å²) >= 11 is 0. The molecule has 1 N–H and O–H groups in total. The van der Waals surface area contributed by atoms with Gasteiger partial charge in [0.1, 0.15) is 5.76 Å². The minimum atomic E-state index is 0. The standard InChI is InChI=1S/C15H19NO.ClH/c1-12(2)14-7-5-13(6-8-14)10-16-11-15-4-3-9-17-15;/h3-9,12,16H,10-11H2,1-2H3;1H. The maximum absolute atomic E-state index is 5.26. The van der Waals surface area contributed by atoms with Crippen LogP contribution in [-0.2, 0) is 13.1 Å². The average Bonchev–Trinajstić information content (AvgIpc) is 2.83. The number of nitrogens with one attached hydrogen (secondary N) is 1. The van der Waals surface area contributed by atoms with Crippen molar-refractivity contribution < 1.29 is 4.42 Å². The van der Waals surface area contributed by atoms with E-state index in [0.717, 1.165) is 18.8 Å². The van der Waals surface area contributed by atoms with Crippen LogP contribution in [0.3, 0.4) is 0 Å². The molecule has 0 unspecified atom stereocenters. The van der Waals surface area contributed by atoms with Crippen molar-refractivity contribution in [3.05, 3.63) is 59.5 Å². The Labute approximate surface area is 115 Å². The van der Waals surface area contributed by atoms with Crippen molar-refractivity contribution in [2.24, 2.45) is 0 Å². The van der Waals surface area contributed by atoms with Gasteiger partial charge in [-0.15, -0.1) is 12.4 Å². The van der Waals surface area contributed by atoms with Gasteiger partial charge in [-0.1, -0.05) is 38.1 Å². The van der Waals surface area contributed by atoms with Crippen LogP contribution in [0.15, 0.2) is 47.1 Å². The van der Waals surface area contributed by atoms with Crippen molar-refractivity contribution in [1.82, 2.24) is 5.32 Å². The van der Waals surface area contributed by atoms with Gasteiger partial charge in [0.15, 0.2) is 0 Å². The van der Waals surface area contributed by atoms with E-state index in [-0.39, 0.29) is 12.4 Å². The predicted molar refractivity (Wildman–Crippen MR) is 77.0 cm³/mol. The molecule has 0 aliphatic heterocycles. The molecule has 18 heavy (non-hydrogen) atoms. The third-order valence-electron chi connectivity index (χ3n) is 2.85. The number of hydrogen-bond donors (Lipinski definition) is 1. The van der Waals surface area contributed by atoms with Crippen molar-refractivity contribution in [2.75, 3.05) is 0 Å². The minimum Gasteiger partial charge on any atom is -0.468 e. The Hall–Kier alpha value is -1.25. The van der Waals surface area contributed by atoms with Gasteiger partial charge in [0.05, 0.1) is 12.8 Å². The van der Waals surface area contributed by atoms with Crippen molar-refractivity contribution in [2.45, 2.75) is 32.9 Å². The van der Waals surface area contributed by atoms with E-state index in [2.05, 4.69) is 43.4 Å². The summed E-state index contributed by atoms with van der Waals surface area (Å²) < 4.78 is 5.26. The average molecular weight is 266 g/mol. The smallest absolute Gasteiger partial charge is 0.117 e. The van der Waals surface area contributed by atoms with E-state index in [1.165, 1.54) is 11.1 Å². The van der Waals surface area contributed by atoms with E-state index in [4.69, 9.17) is 4.42 Å². The van der Waals surface area contributed by atoms with Crippen molar-refractivity contribution in [1.29, 1.82) is 0 Å². The first-order chi connectivity index (χ1) is 8.25. The van der Waals surface area contributed by atoms with Gasteiger partial charge in [-0.2, -0.15) is 0 Å². The second-order valence-electron chi connectivity index (χ2n) is 4.58. The molecule has 0 radical (unpaired) electrons. The first-order valence-corrected chi connectivity index (χ1v) is 6.07. The molecule has 0 bridgehead atoms. The molecule has 1 heterocycles. The Morgan fingerprint density at radius 2 is 1.78 bits per heavy atom. The lowest BCUT2D eigenvalue weighted by Crippen LogP contribution is -2.12. The van der Waals surface area contributed by atoms with E-state index >= 15 is 0 Å². The molecule has 2 nitrogen and oxygen atoms in total. The third-order valence-corrected chi connectivity index (χ3v) is 2.85. The monoisotopic (exact) mass is 265 g/mol. The van der Waals surface area contributed by atoms with Crippen LogP contribution in [0.1, 0.15) is 36.7 Å². The molecule has 0 saturated carbocycles. The van der Waals surface area contributed by atoms with Gasteiger partial charge in [-0.3, -0.25) is 0 Å². The summed E-state index contributed by atoms with van der Waals surface area (Å²) in [6, 6.07) is 12.7. The molecule has 1 aromatic carbocycles. The molecular formula is C15H20ClNO. The van der Waals surface area contributed by atoms with E-state index in [0.29, 0.717) is 5.92 Å². The second-order valence-corrected chi connectivity index (χ2v) is 4.58. The predicted octanol–water partition coefficient (Wildman–Crippen LogP) is 4.11. The molecule has 0 fully saturated rings. The van der Waals surface area contributed by atoms with Crippen LogP contribution in [0.25, 0.3) is 0 Å². The molecule has 98 valence electrons. The van der Waals surface area contributed by atoms with E-state index in [9.17, 15) is 0 Å². The fourth-order valence-electron chi connectivity index (χ4n) is 1.76. The zero-order valence-corrected chi connectivity index (χ0v) is 11.7. The van der Waals surface area contributed by atoms with E-state index < -0.39 is 0 Å². The molecule has 0 atom stereocenters. The van der Waals surface area contributed by atoms with Gasteiger partial charge in [0.2, 0.25) is 0 Å². The largest absolute Gasteiger partial charge is 0.468 e. The summed E-state index contributed by atoms with van der Waals surface area (Å²) in [5, 5.41) is 3.36. The summed E-state index contributed by atoms with van der Waals surface area (Å²) in [5.41, 5.74) is 2.70. The van der Waals surface area contributed by atoms with Crippen molar-refractivity contribution in [3.8, 4) is 0 Å². The molecule has 1 aromatic heterocycles. The molecule has 2 aromatic rings. The Kier molecular flexibility index (Phi) is 5.96. The maximum Gasteiger partial charge on any atom is 0.117 e. The quantitative estimate of drug-likeness (QED) is 0.880. The SMILES string of the molecule is CC(C)c1ccc(CNCc2ccco2)cc1.Cl. The number of hydrogen-bond acceptors (Lipinski definition) is 2. The number of rotatable bonds is 5. The Bertz CT molecular complexity index is 434. The Morgan fingerprint density at radius 3 is 2.33 bits per heavy atom. The summed E-state index contributed by atoms with van der Waals surface area (Å²) in [7, 11) is 0. The van der Waals surface area contributed by atoms with Crippen LogP contribution in [0, 0.1) is 0 Å². The van der Waals surface area contributed by atoms with Gasteiger partial charge in [0, 0.05) is 6.54 Å². The van der Waals surface area contributed by atoms with Gasteiger partial charge < -0.3 is 9.73 Å². The van der Waals surface area contributed by atoms with Crippen LogP contribution < -0.4 is 5.32 Å². The number of benzene rings is 1. The van der Waals surface area contributed by atoms with Gasteiger partial charge in [0.25, 0.3) is 0 Å². The third kappa shape index (κ3) is 4.21. The summed E-state index contributed by atoms with van der Waals surface area (Å²) in [6.45, 7) is 6.08.